The summed E-state index contributed by atoms with van der Waals surface area (Å²) in [5.41, 5.74) is 6.87. The molecule has 142 valence electrons. The number of Topliss-reactive ketones (excluding diaryl/α,β-unsaturated/α-hetero) is 1. The van der Waals surface area contributed by atoms with Crippen LogP contribution >= 0.6 is 23.1 Å². The highest BCUT2D eigenvalue weighted by molar-refractivity contribution is 7.10. The first-order valence-electron chi connectivity index (χ1n) is 8.36. The predicted molar refractivity (Wildman–Crippen MR) is 108 cm³/mol. The molecular weight excluding hydrogens is 398 g/mol. The van der Waals surface area contributed by atoms with Crippen LogP contribution in [0.1, 0.15) is 15.9 Å². The van der Waals surface area contributed by atoms with E-state index in [1.165, 1.54) is 0 Å². The van der Waals surface area contributed by atoms with Crippen molar-refractivity contribution in [2.24, 2.45) is 5.73 Å². The lowest BCUT2D eigenvalue weighted by molar-refractivity contribution is -0.137. The number of nitrogens with zero attached hydrogens (tertiary/aromatic N) is 1. The predicted octanol–water partition coefficient (Wildman–Crippen LogP) is 2.86. The van der Waals surface area contributed by atoms with Crippen molar-refractivity contribution in [2.45, 2.75) is 12.5 Å². The van der Waals surface area contributed by atoms with Crippen molar-refractivity contribution < 1.29 is 14.4 Å². The molecule has 0 fully saturated rings. The van der Waals surface area contributed by atoms with Gasteiger partial charge in [-0.15, -0.1) is 0 Å². The van der Waals surface area contributed by atoms with Crippen LogP contribution in [-0.2, 0) is 16.0 Å². The molecule has 0 aliphatic heterocycles. The van der Waals surface area contributed by atoms with Crippen molar-refractivity contribution in [3.05, 3.63) is 76.9 Å². The fourth-order valence-corrected chi connectivity index (χ4v) is 3.84. The molecular formula is C20H16ClN3O3S. The van der Waals surface area contributed by atoms with Gasteiger partial charge in [0.25, 0.3) is 11.8 Å². The Kier molecular flexibility index (Phi) is 6.18. The Morgan fingerprint density at radius 2 is 1.64 bits per heavy atom. The maximum absolute atomic E-state index is 12.9. The highest BCUT2D eigenvalue weighted by atomic mass is 35.5. The Bertz CT molecular complexity index is 1010. The van der Waals surface area contributed by atoms with Crippen molar-refractivity contribution >= 4 is 40.7 Å². The van der Waals surface area contributed by atoms with E-state index in [9.17, 15) is 14.4 Å². The molecule has 0 bridgehead atoms. The average Bonchev–Trinajstić information content (AvgIpc) is 3.10. The van der Waals surface area contributed by atoms with Crippen LogP contribution < -0.4 is 11.1 Å². The highest BCUT2D eigenvalue weighted by Gasteiger charge is 2.29. The first-order chi connectivity index (χ1) is 13.5. The van der Waals surface area contributed by atoms with Gasteiger partial charge < -0.3 is 11.1 Å². The van der Waals surface area contributed by atoms with E-state index in [0.29, 0.717) is 4.88 Å². The van der Waals surface area contributed by atoms with Crippen LogP contribution in [0.15, 0.2) is 60.7 Å². The van der Waals surface area contributed by atoms with E-state index in [2.05, 4.69) is 9.69 Å². The van der Waals surface area contributed by atoms with Gasteiger partial charge in [-0.25, -0.2) is 0 Å². The van der Waals surface area contributed by atoms with Crippen LogP contribution in [0, 0.1) is 0 Å². The molecule has 0 saturated heterocycles. The van der Waals surface area contributed by atoms with Gasteiger partial charge in [-0.05, 0) is 22.7 Å². The summed E-state index contributed by atoms with van der Waals surface area (Å²) in [4.78, 5) is 37.2. The third-order valence-electron chi connectivity index (χ3n) is 4.06. The average molecular weight is 414 g/mol. The molecule has 3 aromatic rings. The van der Waals surface area contributed by atoms with Gasteiger partial charge >= 0.3 is 0 Å². The molecule has 0 radical (unpaired) electrons. The van der Waals surface area contributed by atoms with Gasteiger partial charge in [0.1, 0.15) is 6.04 Å². The number of rotatable bonds is 7. The SMILES string of the molecule is NC(=O)C(=O)C(Cc1ccccc1)NC(=O)c1c(Cl)nsc1-c1ccccc1. The van der Waals surface area contributed by atoms with Crippen LogP contribution in [0.4, 0.5) is 0 Å². The molecule has 28 heavy (non-hydrogen) atoms. The fraction of sp³-hybridized carbons (Fsp3) is 0.100. The van der Waals surface area contributed by atoms with E-state index in [0.717, 1.165) is 22.7 Å². The minimum Gasteiger partial charge on any atom is -0.363 e. The zero-order chi connectivity index (χ0) is 20.1. The molecule has 1 heterocycles. The number of primary amides is 1. The van der Waals surface area contributed by atoms with Gasteiger partial charge in [0, 0.05) is 6.42 Å². The Morgan fingerprint density at radius 3 is 2.25 bits per heavy atom. The minimum absolute atomic E-state index is 0.0336. The molecule has 2 amide bonds. The van der Waals surface area contributed by atoms with Crippen LogP contribution in [0.2, 0.25) is 5.15 Å². The molecule has 1 unspecified atom stereocenters. The van der Waals surface area contributed by atoms with Crippen molar-refractivity contribution in [1.82, 2.24) is 9.69 Å². The number of amides is 2. The van der Waals surface area contributed by atoms with E-state index in [4.69, 9.17) is 17.3 Å². The number of nitrogens with two attached hydrogens (primary N) is 1. The summed E-state index contributed by atoms with van der Waals surface area (Å²) in [5.74, 6) is -2.58. The van der Waals surface area contributed by atoms with Crippen molar-refractivity contribution in [1.29, 1.82) is 0 Å². The maximum Gasteiger partial charge on any atom is 0.287 e. The van der Waals surface area contributed by atoms with E-state index in [1.54, 1.807) is 24.3 Å². The summed E-state index contributed by atoms with van der Waals surface area (Å²) < 4.78 is 4.05. The summed E-state index contributed by atoms with van der Waals surface area (Å²) in [6.45, 7) is 0. The first kappa shape index (κ1) is 19.7. The second-order valence-corrected chi connectivity index (χ2v) is 7.12. The lowest BCUT2D eigenvalue weighted by Crippen LogP contribution is -2.47. The number of hydrogen-bond donors (Lipinski definition) is 2. The summed E-state index contributed by atoms with van der Waals surface area (Å²) in [7, 11) is 0. The zero-order valence-electron chi connectivity index (χ0n) is 14.6. The van der Waals surface area contributed by atoms with Crippen LogP contribution in [0.5, 0.6) is 0 Å². The Hall–Kier alpha value is -3.03. The number of hydrogen-bond acceptors (Lipinski definition) is 5. The van der Waals surface area contributed by atoms with Gasteiger partial charge in [-0.2, -0.15) is 4.37 Å². The third-order valence-corrected chi connectivity index (χ3v) is 5.33. The van der Waals surface area contributed by atoms with Gasteiger partial charge in [-0.1, -0.05) is 72.3 Å². The fourth-order valence-electron chi connectivity index (χ4n) is 2.72. The summed E-state index contributed by atoms with van der Waals surface area (Å²) in [6, 6.07) is 17.1. The monoisotopic (exact) mass is 413 g/mol. The van der Waals surface area contributed by atoms with Crippen molar-refractivity contribution in [2.75, 3.05) is 0 Å². The van der Waals surface area contributed by atoms with Gasteiger partial charge in [0.15, 0.2) is 5.15 Å². The first-order valence-corrected chi connectivity index (χ1v) is 9.51. The molecule has 1 atom stereocenters. The Balaban J connectivity index is 1.89. The molecule has 6 nitrogen and oxygen atoms in total. The number of carbonyl (C=O) groups is 3. The Labute approximate surface area is 170 Å². The highest BCUT2D eigenvalue weighted by Crippen LogP contribution is 2.32. The molecule has 0 spiro atoms. The second-order valence-electron chi connectivity index (χ2n) is 5.99. The second kappa shape index (κ2) is 8.77. The number of carbonyl (C=O) groups excluding carboxylic acids is 3. The molecule has 3 rings (SSSR count). The minimum atomic E-state index is -1.11. The number of nitrogens with one attached hydrogen (secondary N) is 1. The number of benzene rings is 2. The smallest absolute Gasteiger partial charge is 0.287 e. The molecule has 2 aromatic carbocycles. The molecule has 0 aliphatic rings. The van der Waals surface area contributed by atoms with E-state index in [1.807, 2.05) is 36.4 Å². The van der Waals surface area contributed by atoms with E-state index >= 15 is 0 Å². The Morgan fingerprint density at radius 1 is 1.04 bits per heavy atom. The molecule has 3 N–H and O–H groups in total. The topological polar surface area (TPSA) is 102 Å². The third kappa shape index (κ3) is 4.44. The van der Waals surface area contributed by atoms with Crippen LogP contribution in [0.3, 0.4) is 0 Å². The normalized spacial score (nSPS) is 11.6. The zero-order valence-corrected chi connectivity index (χ0v) is 16.2. The van der Waals surface area contributed by atoms with E-state index in [-0.39, 0.29) is 17.1 Å². The molecule has 0 saturated carbocycles. The summed E-state index contributed by atoms with van der Waals surface area (Å²) in [6.07, 6.45) is 0.129. The van der Waals surface area contributed by atoms with Gasteiger partial charge in [0.2, 0.25) is 5.78 Å². The lowest BCUT2D eigenvalue weighted by atomic mass is 10.0. The largest absolute Gasteiger partial charge is 0.363 e. The standard InChI is InChI=1S/C20H16ClN3O3S/c21-18-15(17(28-24-18)13-9-5-2-6-10-13)20(27)23-14(16(25)19(22)26)11-12-7-3-1-4-8-12/h1-10,14H,11H2,(H2,22,26)(H,23,27). The number of aromatic nitrogens is 1. The van der Waals surface area contributed by atoms with E-state index < -0.39 is 23.6 Å². The summed E-state index contributed by atoms with van der Waals surface area (Å²) in [5, 5.41) is 2.63. The molecule has 1 aromatic heterocycles. The van der Waals surface area contributed by atoms with Crippen LogP contribution in [0.25, 0.3) is 10.4 Å². The van der Waals surface area contributed by atoms with Gasteiger partial charge in [-0.3, -0.25) is 14.4 Å². The summed E-state index contributed by atoms with van der Waals surface area (Å²) >= 11 is 7.22. The number of ketones is 1. The maximum atomic E-state index is 12.9. The van der Waals surface area contributed by atoms with Crippen LogP contribution in [-0.4, -0.2) is 28.0 Å². The molecule has 0 aliphatic carbocycles. The van der Waals surface area contributed by atoms with Crippen molar-refractivity contribution in [3.8, 4) is 10.4 Å². The van der Waals surface area contributed by atoms with Crippen molar-refractivity contribution in [3.63, 3.8) is 0 Å². The quantitative estimate of drug-likeness (QED) is 0.581. The molecule has 8 heteroatoms. The number of halogens is 1. The lowest BCUT2D eigenvalue weighted by Gasteiger charge is -2.16. The van der Waals surface area contributed by atoms with Gasteiger partial charge in [0.05, 0.1) is 10.4 Å².